The molecular weight excluding hydrogens is 326 g/mol. The van der Waals surface area contributed by atoms with Gasteiger partial charge in [0.2, 0.25) is 11.8 Å². The highest BCUT2D eigenvalue weighted by Crippen LogP contribution is 2.26. The zero-order valence-electron chi connectivity index (χ0n) is 13.7. The molecule has 2 amide bonds. The van der Waals surface area contributed by atoms with Crippen LogP contribution in [-0.2, 0) is 16.0 Å². The van der Waals surface area contributed by atoms with Crippen LogP contribution in [0.2, 0.25) is 0 Å². The summed E-state index contributed by atoms with van der Waals surface area (Å²) < 4.78 is 27.0. The van der Waals surface area contributed by atoms with Crippen molar-refractivity contribution in [3.63, 3.8) is 0 Å². The summed E-state index contributed by atoms with van der Waals surface area (Å²) in [5, 5.41) is 5.32. The van der Waals surface area contributed by atoms with Crippen molar-refractivity contribution >= 4 is 29.3 Å². The van der Waals surface area contributed by atoms with E-state index in [-0.39, 0.29) is 17.2 Å². The topological polar surface area (TPSA) is 58.2 Å². The number of benzene rings is 2. The number of carbonyl (C=O) groups excluding carboxylic acids is 2. The summed E-state index contributed by atoms with van der Waals surface area (Å²) in [6.07, 6.45) is 3.25. The van der Waals surface area contributed by atoms with Crippen molar-refractivity contribution in [2.24, 2.45) is 0 Å². The lowest BCUT2D eigenvalue weighted by Gasteiger charge is -2.11. The Morgan fingerprint density at radius 3 is 2.76 bits per heavy atom. The smallest absolute Gasteiger partial charge is 0.248 e. The Morgan fingerprint density at radius 1 is 1.24 bits per heavy atom. The molecular formula is C19H16F2N2O2. The van der Waals surface area contributed by atoms with E-state index in [1.807, 2.05) is 6.07 Å². The first-order valence-corrected chi connectivity index (χ1v) is 7.72. The zero-order valence-corrected chi connectivity index (χ0v) is 13.7. The van der Waals surface area contributed by atoms with Crippen molar-refractivity contribution in [3.05, 3.63) is 64.2 Å². The third-order valence-electron chi connectivity index (χ3n) is 4.09. The molecule has 0 fully saturated rings. The van der Waals surface area contributed by atoms with Gasteiger partial charge in [-0.05, 0) is 48.7 Å². The number of carbonyl (C=O) groups is 2. The van der Waals surface area contributed by atoms with E-state index >= 15 is 0 Å². The second-order valence-electron chi connectivity index (χ2n) is 5.95. The normalized spacial score (nSPS) is 13.0. The number of halogens is 2. The minimum Gasteiger partial charge on any atom is -0.326 e. The second kappa shape index (κ2) is 6.47. The van der Waals surface area contributed by atoms with E-state index < -0.39 is 17.5 Å². The maximum Gasteiger partial charge on any atom is 0.248 e. The van der Waals surface area contributed by atoms with Crippen LogP contribution in [0, 0.1) is 25.5 Å². The second-order valence-corrected chi connectivity index (χ2v) is 5.95. The number of hydrogen-bond acceptors (Lipinski definition) is 2. The van der Waals surface area contributed by atoms with Gasteiger partial charge in [0.1, 0.15) is 0 Å². The Balaban J connectivity index is 1.76. The van der Waals surface area contributed by atoms with E-state index in [1.165, 1.54) is 13.0 Å². The number of amides is 2. The SMILES string of the molecule is Cc1cc(F)c(F)c(C)c1NC(=O)/C=C/c1ccc2c(c1)NC(=O)C2. The number of nitrogens with one attached hydrogen (secondary N) is 2. The molecule has 0 spiro atoms. The molecule has 2 aromatic carbocycles. The highest BCUT2D eigenvalue weighted by molar-refractivity contribution is 6.03. The molecule has 2 N–H and O–H groups in total. The monoisotopic (exact) mass is 342 g/mol. The van der Waals surface area contributed by atoms with E-state index in [1.54, 1.807) is 25.1 Å². The molecule has 3 rings (SSSR count). The van der Waals surface area contributed by atoms with Crippen molar-refractivity contribution in [1.29, 1.82) is 0 Å². The van der Waals surface area contributed by atoms with Gasteiger partial charge in [0.05, 0.1) is 6.42 Å². The first-order valence-electron chi connectivity index (χ1n) is 7.72. The quantitative estimate of drug-likeness (QED) is 0.835. The van der Waals surface area contributed by atoms with Crippen molar-refractivity contribution in [2.75, 3.05) is 10.6 Å². The molecule has 0 saturated carbocycles. The molecule has 6 heteroatoms. The summed E-state index contributed by atoms with van der Waals surface area (Å²) in [5.41, 5.74) is 3.15. The lowest BCUT2D eigenvalue weighted by atomic mass is 10.1. The summed E-state index contributed by atoms with van der Waals surface area (Å²) in [7, 11) is 0. The summed E-state index contributed by atoms with van der Waals surface area (Å²) in [4.78, 5) is 23.4. The highest BCUT2D eigenvalue weighted by atomic mass is 19.2. The van der Waals surface area contributed by atoms with Gasteiger partial charge in [-0.15, -0.1) is 0 Å². The molecule has 0 atom stereocenters. The molecule has 4 nitrogen and oxygen atoms in total. The van der Waals surface area contributed by atoms with Crippen LogP contribution in [0.3, 0.4) is 0 Å². The standard InChI is InChI=1S/C19H16F2N2O2/c1-10-7-14(20)18(21)11(2)19(10)23-16(24)6-4-12-3-5-13-9-17(25)22-15(13)8-12/h3-8H,9H2,1-2H3,(H,22,25)(H,23,24)/b6-4+. The Hall–Kier alpha value is -3.02. The van der Waals surface area contributed by atoms with Crippen LogP contribution < -0.4 is 10.6 Å². The molecule has 1 heterocycles. The number of hydrogen-bond donors (Lipinski definition) is 2. The van der Waals surface area contributed by atoms with Gasteiger partial charge in [0.15, 0.2) is 11.6 Å². The maximum absolute atomic E-state index is 13.7. The van der Waals surface area contributed by atoms with Gasteiger partial charge >= 0.3 is 0 Å². The fourth-order valence-corrected chi connectivity index (χ4v) is 2.77. The van der Waals surface area contributed by atoms with Crippen LogP contribution in [-0.4, -0.2) is 11.8 Å². The van der Waals surface area contributed by atoms with Crippen LogP contribution in [0.5, 0.6) is 0 Å². The summed E-state index contributed by atoms with van der Waals surface area (Å²) in [5.74, 6) is -2.43. The highest BCUT2D eigenvalue weighted by Gasteiger charge is 2.17. The lowest BCUT2D eigenvalue weighted by Crippen LogP contribution is -2.11. The minimum absolute atomic E-state index is 0.0551. The molecule has 128 valence electrons. The average molecular weight is 342 g/mol. The van der Waals surface area contributed by atoms with Gasteiger partial charge in [-0.3, -0.25) is 9.59 Å². The fourth-order valence-electron chi connectivity index (χ4n) is 2.77. The van der Waals surface area contributed by atoms with Crippen LogP contribution in [0.15, 0.2) is 30.3 Å². The van der Waals surface area contributed by atoms with Crippen LogP contribution >= 0.6 is 0 Å². The molecule has 0 saturated heterocycles. The fraction of sp³-hybridized carbons (Fsp3) is 0.158. The molecule has 1 aliphatic heterocycles. The predicted octanol–water partition coefficient (Wildman–Crippen LogP) is 3.73. The van der Waals surface area contributed by atoms with Crippen molar-refractivity contribution < 1.29 is 18.4 Å². The first-order chi connectivity index (χ1) is 11.8. The lowest BCUT2D eigenvalue weighted by molar-refractivity contribution is -0.115. The number of aryl methyl sites for hydroxylation is 1. The van der Waals surface area contributed by atoms with Gasteiger partial charge < -0.3 is 10.6 Å². The Kier molecular flexibility index (Phi) is 4.35. The van der Waals surface area contributed by atoms with Crippen LogP contribution in [0.4, 0.5) is 20.2 Å². The molecule has 0 aromatic heterocycles. The van der Waals surface area contributed by atoms with E-state index in [0.29, 0.717) is 12.0 Å². The Labute approximate surface area is 143 Å². The van der Waals surface area contributed by atoms with Crippen molar-refractivity contribution in [2.45, 2.75) is 20.3 Å². The molecule has 0 radical (unpaired) electrons. The largest absolute Gasteiger partial charge is 0.326 e. The molecule has 2 aromatic rings. The summed E-state index contributed by atoms with van der Waals surface area (Å²) in [6.45, 7) is 3.01. The minimum atomic E-state index is -0.973. The Morgan fingerprint density at radius 2 is 2.00 bits per heavy atom. The Bertz CT molecular complexity index is 920. The average Bonchev–Trinajstić information content (AvgIpc) is 2.94. The first kappa shape index (κ1) is 16.8. The maximum atomic E-state index is 13.7. The predicted molar refractivity (Wildman–Crippen MR) is 92.3 cm³/mol. The number of rotatable bonds is 3. The van der Waals surface area contributed by atoms with E-state index in [0.717, 1.165) is 22.9 Å². The van der Waals surface area contributed by atoms with Crippen molar-refractivity contribution in [1.82, 2.24) is 0 Å². The molecule has 0 unspecified atom stereocenters. The summed E-state index contributed by atoms with van der Waals surface area (Å²) in [6, 6.07) is 6.45. The molecule has 1 aliphatic rings. The van der Waals surface area contributed by atoms with Crippen LogP contribution in [0.25, 0.3) is 6.08 Å². The third kappa shape index (κ3) is 3.42. The molecule has 0 aliphatic carbocycles. The van der Waals surface area contributed by atoms with Gasteiger partial charge in [-0.25, -0.2) is 8.78 Å². The van der Waals surface area contributed by atoms with Crippen molar-refractivity contribution in [3.8, 4) is 0 Å². The van der Waals surface area contributed by atoms with Gasteiger partial charge in [-0.1, -0.05) is 12.1 Å². The van der Waals surface area contributed by atoms with Gasteiger partial charge in [0, 0.05) is 23.0 Å². The van der Waals surface area contributed by atoms with E-state index in [2.05, 4.69) is 10.6 Å². The summed E-state index contributed by atoms with van der Waals surface area (Å²) >= 11 is 0. The van der Waals surface area contributed by atoms with Gasteiger partial charge in [0.25, 0.3) is 0 Å². The third-order valence-corrected chi connectivity index (χ3v) is 4.09. The molecule has 25 heavy (non-hydrogen) atoms. The molecule has 0 bridgehead atoms. The zero-order chi connectivity index (χ0) is 18.1. The van der Waals surface area contributed by atoms with Gasteiger partial charge in [-0.2, -0.15) is 0 Å². The van der Waals surface area contributed by atoms with E-state index in [4.69, 9.17) is 0 Å². The van der Waals surface area contributed by atoms with Crippen LogP contribution in [0.1, 0.15) is 22.3 Å². The number of fused-ring (bicyclic) bond motifs is 1. The number of anilines is 2. The van der Waals surface area contributed by atoms with E-state index in [9.17, 15) is 18.4 Å².